The third kappa shape index (κ3) is 2.25. The monoisotopic (exact) mass is 222 g/mol. The van der Waals surface area contributed by atoms with Crippen LogP contribution in [0.25, 0.3) is 0 Å². The molecule has 2 nitrogen and oxygen atoms in total. The van der Waals surface area contributed by atoms with Crippen LogP contribution in [0.2, 0.25) is 0 Å². The number of rotatable bonds is 4. The van der Waals surface area contributed by atoms with Gasteiger partial charge in [0.25, 0.3) is 0 Å². The van der Waals surface area contributed by atoms with Crippen molar-refractivity contribution in [3.05, 3.63) is 35.4 Å². The molecule has 0 saturated heterocycles. The van der Waals surface area contributed by atoms with E-state index in [0.717, 1.165) is 19.5 Å². The minimum absolute atomic E-state index is 0.241. The second-order valence-electron chi connectivity index (χ2n) is 4.28. The molecule has 0 spiro atoms. The summed E-state index contributed by atoms with van der Waals surface area (Å²) >= 11 is 0. The van der Waals surface area contributed by atoms with E-state index in [4.69, 9.17) is 5.73 Å². The highest BCUT2D eigenvalue weighted by atomic mass is 19.1. The van der Waals surface area contributed by atoms with Gasteiger partial charge in [-0.1, -0.05) is 24.3 Å². The van der Waals surface area contributed by atoms with Gasteiger partial charge in [0.15, 0.2) is 0 Å². The van der Waals surface area contributed by atoms with Crippen molar-refractivity contribution < 1.29 is 4.39 Å². The average molecular weight is 222 g/mol. The molecule has 1 heterocycles. The van der Waals surface area contributed by atoms with Gasteiger partial charge in [0, 0.05) is 25.7 Å². The second-order valence-corrected chi connectivity index (χ2v) is 4.28. The summed E-state index contributed by atoms with van der Waals surface area (Å²) in [5.41, 5.74) is 8.57. The molecule has 0 radical (unpaired) electrons. The Morgan fingerprint density at radius 2 is 2.19 bits per heavy atom. The van der Waals surface area contributed by atoms with E-state index in [9.17, 15) is 4.39 Å². The number of hydrogen-bond donors (Lipinski definition) is 1. The Bertz CT molecular complexity index is 340. The van der Waals surface area contributed by atoms with Gasteiger partial charge in [0.1, 0.15) is 0 Å². The fourth-order valence-corrected chi connectivity index (χ4v) is 2.51. The standard InChI is InChI=1S/C13H19FN2/c14-7-3-8-16-9-6-11-4-1-2-5-12(11)13(16)10-15/h1-2,4-5,13H,3,6-10,15H2. The zero-order chi connectivity index (χ0) is 11.4. The molecule has 2 N–H and O–H groups in total. The number of nitrogens with zero attached hydrogens (tertiary/aromatic N) is 1. The molecule has 1 unspecified atom stereocenters. The zero-order valence-corrected chi connectivity index (χ0v) is 9.53. The summed E-state index contributed by atoms with van der Waals surface area (Å²) in [5.74, 6) is 0. The van der Waals surface area contributed by atoms with Crippen molar-refractivity contribution in [2.24, 2.45) is 5.73 Å². The molecular weight excluding hydrogens is 203 g/mol. The lowest BCUT2D eigenvalue weighted by molar-refractivity contribution is 0.182. The largest absolute Gasteiger partial charge is 0.329 e. The number of nitrogens with two attached hydrogens (primary N) is 1. The molecule has 1 aliphatic rings. The van der Waals surface area contributed by atoms with Gasteiger partial charge in [0.2, 0.25) is 0 Å². The van der Waals surface area contributed by atoms with Crippen LogP contribution in [0.1, 0.15) is 23.6 Å². The van der Waals surface area contributed by atoms with Crippen molar-refractivity contribution in [3.63, 3.8) is 0 Å². The van der Waals surface area contributed by atoms with Crippen LogP contribution in [-0.2, 0) is 6.42 Å². The van der Waals surface area contributed by atoms with Gasteiger partial charge in [0.05, 0.1) is 6.67 Å². The van der Waals surface area contributed by atoms with E-state index in [2.05, 4.69) is 29.2 Å². The summed E-state index contributed by atoms with van der Waals surface area (Å²) in [5, 5.41) is 0. The molecule has 0 aliphatic carbocycles. The van der Waals surface area contributed by atoms with Crippen molar-refractivity contribution >= 4 is 0 Å². The number of halogens is 1. The molecule has 2 rings (SSSR count). The third-order valence-corrected chi connectivity index (χ3v) is 3.33. The van der Waals surface area contributed by atoms with Crippen molar-refractivity contribution in [1.82, 2.24) is 4.90 Å². The van der Waals surface area contributed by atoms with E-state index in [1.807, 2.05) is 0 Å². The van der Waals surface area contributed by atoms with Gasteiger partial charge in [-0.05, 0) is 24.0 Å². The molecule has 1 atom stereocenters. The predicted octanol–water partition coefficient (Wildman–Crippen LogP) is 1.90. The summed E-state index contributed by atoms with van der Waals surface area (Å²) < 4.78 is 12.2. The summed E-state index contributed by atoms with van der Waals surface area (Å²) in [7, 11) is 0. The summed E-state index contributed by atoms with van der Waals surface area (Å²) in [6.07, 6.45) is 1.66. The van der Waals surface area contributed by atoms with E-state index >= 15 is 0 Å². The fraction of sp³-hybridized carbons (Fsp3) is 0.538. The first-order valence-corrected chi connectivity index (χ1v) is 5.94. The van der Waals surface area contributed by atoms with E-state index in [-0.39, 0.29) is 12.7 Å². The Morgan fingerprint density at radius 1 is 1.38 bits per heavy atom. The van der Waals surface area contributed by atoms with Crippen molar-refractivity contribution in [3.8, 4) is 0 Å². The topological polar surface area (TPSA) is 29.3 Å². The maximum atomic E-state index is 12.2. The SMILES string of the molecule is NCC1c2ccccc2CCN1CCCF. The number of hydrogen-bond acceptors (Lipinski definition) is 2. The molecule has 3 heteroatoms. The molecule has 0 fully saturated rings. The molecular formula is C13H19FN2. The van der Waals surface area contributed by atoms with Crippen LogP contribution in [0, 0.1) is 0 Å². The van der Waals surface area contributed by atoms with Gasteiger partial charge < -0.3 is 5.73 Å². The van der Waals surface area contributed by atoms with Crippen molar-refractivity contribution in [1.29, 1.82) is 0 Å². The van der Waals surface area contributed by atoms with Crippen LogP contribution in [0.5, 0.6) is 0 Å². The molecule has 0 bridgehead atoms. The van der Waals surface area contributed by atoms with E-state index in [1.165, 1.54) is 11.1 Å². The van der Waals surface area contributed by atoms with Crippen molar-refractivity contribution in [2.45, 2.75) is 18.9 Å². The molecule has 16 heavy (non-hydrogen) atoms. The molecule has 1 aromatic carbocycles. The minimum Gasteiger partial charge on any atom is -0.329 e. The molecule has 0 amide bonds. The van der Waals surface area contributed by atoms with Crippen LogP contribution >= 0.6 is 0 Å². The normalized spacial score (nSPS) is 20.8. The first kappa shape index (κ1) is 11.6. The molecule has 0 aromatic heterocycles. The van der Waals surface area contributed by atoms with E-state index in [0.29, 0.717) is 13.0 Å². The lowest BCUT2D eigenvalue weighted by atomic mass is 9.92. The van der Waals surface area contributed by atoms with Crippen LogP contribution < -0.4 is 5.73 Å². The minimum atomic E-state index is -0.241. The first-order chi connectivity index (χ1) is 7.86. The van der Waals surface area contributed by atoms with Gasteiger partial charge in [-0.3, -0.25) is 9.29 Å². The number of fused-ring (bicyclic) bond motifs is 1. The molecule has 1 aliphatic heterocycles. The van der Waals surface area contributed by atoms with Gasteiger partial charge >= 0.3 is 0 Å². The Morgan fingerprint density at radius 3 is 2.94 bits per heavy atom. The predicted molar refractivity (Wildman–Crippen MR) is 64.1 cm³/mol. The van der Waals surface area contributed by atoms with Crippen LogP contribution in [0.15, 0.2) is 24.3 Å². The lowest BCUT2D eigenvalue weighted by Crippen LogP contribution is -2.39. The Kier molecular flexibility index (Phi) is 3.91. The molecule has 0 saturated carbocycles. The number of benzene rings is 1. The quantitative estimate of drug-likeness (QED) is 0.843. The Labute approximate surface area is 96.2 Å². The number of alkyl halides is 1. The maximum Gasteiger partial charge on any atom is 0.0906 e. The summed E-state index contributed by atoms with van der Waals surface area (Å²) in [6, 6.07) is 8.72. The lowest BCUT2D eigenvalue weighted by Gasteiger charge is -2.36. The summed E-state index contributed by atoms with van der Waals surface area (Å²) in [4.78, 5) is 2.31. The average Bonchev–Trinajstić information content (AvgIpc) is 2.35. The van der Waals surface area contributed by atoms with Crippen molar-refractivity contribution in [2.75, 3.05) is 26.3 Å². The fourth-order valence-electron chi connectivity index (χ4n) is 2.51. The van der Waals surface area contributed by atoms with Gasteiger partial charge in [-0.2, -0.15) is 0 Å². The van der Waals surface area contributed by atoms with E-state index in [1.54, 1.807) is 0 Å². The molecule has 1 aromatic rings. The highest BCUT2D eigenvalue weighted by Gasteiger charge is 2.25. The third-order valence-electron chi connectivity index (χ3n) is 3.33. The maximum absolute atomic E-state index is 12.2. The Balaban J connectivity index is 2.16. The van der Waals surface area contributed by atoms with Gasteiger partial charge in [-0.15, -0.1) is 0 Å². The van der Waals surface area contributed by atoms with Crippen LogP contribution in [0.3, 0.4) is 0 Å². The van der Waals surface area contributed by atoms with Gasteiger partial charge in [-0.25, -0.2) is 0 Å². The zero-order valence-electron chi connectivity index (χ0n) is 9.53. The smallest absolute Gasteiger partial charge is 0.0906 e. The van der Waals surface area contributed by atoms with Crippen LogP contribution in [-0.4, -0.2) is 31.2 Å². The summed E-state index contributed by atoms with van der Waals surface area (Å²) in [6.45, 7) is 2.18. The van der Waals surface area contributed by atoms with E-state index < -0.39 is 0 Å². The Hall–Kier alpha value is -0.930. The highest BCUT2D eigenvalue weighted by Crippen LogP contribution is 2.28. The second kappa shape index (κ2) is 5.41. The first-order valence-electron chi connectivity index (χ1n) is 5.94. The van der Waals surface area contributed by atoms with Crippen LogP contribution in [0.4, 0.5) is 4.39 Å². The molecule has 88 valence electrons. The highest BCUT2D eigenvalue weighted by molar-refractivity contribution is 5.32.